The van der Waals surface area contributed by atoms with Gasteiger partial charge >= 0.3 is 5.91 Å². The predicted molar refractivity (Wildman–Crippen MR) is 119 cm³/mol. The van der Waals surface area contributed by atoms with E-state index in [1.165, 1.54) is 0 Å². The lowest BCUT2D eigenvalue weighted by atomic mass is 10.1. The number of benzene rings is 2. The lowest BCUT2D eigenvalue weighted by Crippen LogP contribution is -2.16. The lowest BCUT2D eigenvalue weighted by Gasteiger charge is -2.15. The Kier molecular flexibility index (Phi) is 7.14. The zero-order chi connectivity index (χ0) is 21.5. The van der Waals surface area contributed by atoms with E-state index in [1.807, 2.05) is 26.0 Å². The number of furan rings is 1. The molecule has 0 aliphatic carbocycles. The smallest absolute Gasteiger partial charge is 0.307 e. The van der Waals surface area contributed by atoms with Crippen LogP contribution in [0.15, 0.2) is 58.6 Å². The number of nitrogens with zero attached hydrogens (tertiary/aromatic N) is 1. The summed E-state index contributed by atoms with van der Waals surface area (Å²) in [5.41, 5.74) is 4.75. The summed E-state index contributed by atoms with van der Waals surface area (Å²) in [6.07, 6.45) is 3.96. The molecule has 1 N–H and O–H groups in total. The van der Waals surface area contributed by atoms with Gasteiger partial charge in [0.2, 0.25) is 0 Å². The molecule has 0 atom stereocenters. The molecule has 0 aliphatic heterocycles. The number of fused-ring (bicyclic) bond motifs is 1. The van der Waals surface area contributed by atoms with E-state index in [2.05, 4.69) is 17.1 Å². The van der Waals surface area contributed by atoms with E-state index in [4.69, 9.17) is 25.5 Å². The largest absolute Gasteiger partial charge is 0.490 e. The summed E-state index contributed by atoms with van der Waals surface area (Å²) in [6.45, 7) is 8.65. The highest BCUT2D eigenvalue weighted by Gasteiger charge is 2.14. The Labute approximate surface area is 180 Å². The van der Waals surface area contributed by atoms with Crippen molar-refractivity contribution in [1.82, 2.24) is 5.43 Å². The Morgan fingerprint density at radius 1 is 1.20 bits per heavy atom. The molecule has 1 amide bonds. The van der Waals surface area contributed by atoms with Gasteiger partial charge in [-0.05, 0) is 62.2 Å². The standard InChI is InChI=1S/C23H23ClN2O4/c1-4-7-16-10-15(11-20(28-5-2)22(16)29-6-3)14-25-26-23(27)21-13-17-12-18(24)8-9-19(17)30-21/h4,8-14H,1,5-7H2,2-3H3,(H,26,27)/b25-14+. The summed E-state index contributed by atoms with van der Waals surface area (Å²) in [4.78, 5) is 12.4. The number of carbonyl (C=O) groups excluding carboxylic acids is 1. The summed E-state index contributed by atoms with van der Waals surface area (Å²) in [5.74, 6) is 1.02. The Bertz CT molecular complexity index is 1090. The number of hydrogen-bond acceptors (Lipinski definition) is 5. The fourth-order valence-corrected chi connectivity index (χ4v) is 3.16. The Hall–Kier alpha value is -3.25. The van der Waals surface area contributed by atoms with Gasteiger partial charge in [-0.2, -0.15) is 5.10 Å². The van der Waals surface area contributed by atoms with Gasteiger partial charge in [0.05, 0.1) is 19.4 Å². The van der Waals surface area contributed by atoms with Gasteiger partial charge in [-0.25, -0.2) is 5.43 Å². The molecule has 6 nitrogen and oxygen atoms in total. The number of ether oxygens (including phenoxy) is 2. The maximum absolute atomic E-state index is 12.4. The van der Waals surface area contributed by atoms with Crippen LogP contribution in [0.5, 0.6) is 11.5 Å². The van der Waals surface area contributed by atoms with Gasteiger partial charge in [0.15, 0.2) is 17.3 Å². The summed E-state index contributed by atoms with van der Waals surface area (Å²) in [7, 11) is 0. The average Bonchev–Trinajstić information content (AvgIpc) is 3.14. The van der Waals surface area contributed by atoms with Crippen LogP contribution in [0, 0.1) is 0 Å². The number of allylic oxidation sites excluding steroid dienone is 1. The second-order valence-electron chi connectivity index (χ2n) is 6.36. The second-order valence-corrected chi connectivity index (χ2v) is 6.79. The van der Waals surface area contributed by atoms with Crippen LogP contribution in [0.3, 0.4) is 0 Å². The van der Waals surface area contributed by atoms with Gasteiger partial charge in [0, 0.05) is 16.0 Å². The highest BCUT2D eigenvalue weighted by atomic mass is 35.5. The van der Waals surface area contributed by atoms with E-state index in [9.17, 15) is 4.79 Å². The monoisotopic (exact) mass is 426 g/mol. The zero-order valence-electron chi connectivity index (χ0n) is 16.9. The Morgan fingerprint density at radius 2 is 2.00 bits per heavy atom. The molecular weight excluding hydrogens is 404 g/mol. The first kappa shape index (κ1) is 21.5. The first-order valence-corrected chi connectivity index (χ1v) is 9.99. The molecule has 0 saturated carbocycles. The molecule has 0 spiro atoms. The normalized spacial score (nSPS) is 11.0. The fraction of sp³-hybridized carbons (Fsp3) is 0.217. The SMILES string of the molecule is C=CCc1cc(/C=N/NC(=O)c2cc3cc(Cl)ccc3o2)cc(OCC)c1OCC. The van der Waals surface area contributed by atoms with Crippen molar-refractivity contribution in [2.75, 3.05) is 13.2 Å². The molecule has 30 heavy (non-hydrogen) atoms. The molecule has 0 unspecified atom stereocenters. The lowest BCUT2D eigenvalue weighted by molar-refractivity contribution is 0.0929. The van der Waals surface area contributed by atoms with Crippen molar-refractivity contribution in [1.29, 1.82) is 0 Å². The highest BCUT2D eigenvalue weighted by Crippen LogP contribution is 2.33. The maximum atomic E-state index is 12.4. The summed E-state index contributed by atoms with van der Waals surface area (Å²) in [5, 5.41) is 5.37. The molecule has 0 aliphatic rings. The van der Waals surface area contributed by atoms with Crippen LogP contribution in [-0.2, 0) is 6.42 Å². The van der Waals surface area contributed by atoms with E-state index < -0.39 is 5.91 Å². The molecule has 156 valence electrons. The third kappa shape index (κ3) is 5.02. The van der Waals surface area contributed by atoms with Gasteiger partial charge in [-0.1, -0.05) is 17.7 Å². The van der Waals surface area contributed by atoms with Gasteiger partial charge in [-0.15, -0.1) is 6.58 Å². The summed E-state index contributed by atoms with van der Waals surface area (Å²) in [6, 6.07) is 10.5. The molecule has 3 rings (SSSR count). The molecule has 7 heteroatoms. The topological polar surface area (TPSA) is 73.1 Å². The minimum Gasteiger partial charge on any atom is -0.490 e. The maximum Gasteiger partial charge on any atom is 0.307 e. The van der Waals surface area contributed by atoms with Gasteiger partial charge in [0.25, 0.3) is 0 Å². The minimum atomic E-state index is -0.458. The van der Waals surface area contributed by atoms with Crippen LogP contribution < -0.4 is 14.9 Å². The highest BCUT2D eigenvalue weighted by molar-refractivity contribution is 6.31. The zero-order valence-corrected chi connectivity index (χ0v) is 17.7. The van der Waals surface area contributed by atoms with Crippen molar-refractivity contribution in [3.63, 3.8) is 0 Å². The first-order valence-electron chi connectivity index (χ1n) is 9.61. The number of rotatable bonds is 9. The van der Waals surface area contributed by atoms with E-state index in [0.717, 1.165) is 16.5 Å². The predicted octanol–water partition coefficient (Wildman–Crippen LogP) is 5.38. The molecule has 3 aromatic rings. The summed E-state index contributed by atoms with van der Waals surface area (Å²) >= 11 is 5.97. The Balaban J connectivity index is 1.79. The van der Waals surface area contributed by atoms with Crippen LogP contribution in [0.2, 0.25) is 5.02 Å². The van der Waals surface area contributed by atoms with Crippen molar-refractivity contribution in [2.24, 2.45) is 5.10 Å². The van der Waals surface area contributed by atoms with Crippen molar-refractivity contribution in [3.8, 4) is 11.5 Å². The van der Waals surface area contributed by atoms with Crippen LogP contribution >= 0.6 is 11.6 Å². The van der Waals surface area contributed by atoms with Crippen LogP contribution in [0.1, 0.15) is 35.5 Å². The molecule has 0 saturated heterocycles. The number of nitrogens with one attached hydrogen (secondary N) is 1. The van der Waals surface area contributed by atoms with Crippen LogP contribution in [0.4, 0.5) is 0 Å². The third-order valence-corrected chi connectivity index (χ3v) is 4.42. The molecule has 1 heterocycles. The van der Waals surface area contributed by atoms with Crippen molar-refractivity contribution in [3.05, 3.63) is 71.0 Å². The number of carbonyl (C=O) groups is 1. The number of halogens is 1. The first-order chi connectivity index (χ1) is 14.5. The third-order valence-electron chi connectivity index (χ3n) is 4.19. The Morgan fingerprint density at radius 3 is 2.73 bits per heavy atom. The van der Waals surface area contributed by atoms with E-state index in [0.29, 0.717) is 41.7 Å². The minimum absolute atomic E-state index is 0.151. The molecule has 2 aromatic carbocycles. The van der Waals surface area contributed by atoms with E-state index in [-0.39, 0.29) is 5.76 Å². The molecule has 0 radical (unpaired) electrons. The second kappa shape index (κ2) is 9.98. The number of hydrogen-bond donors (Lipinski definition) is 1. The van der Waals surface area contributed by atoms with E-state index in [1.54, 1.807) is 36.6 Å². The van der Waals surface area contributed by atoms with Crippen LogP contribution in [-0.4, -0.2) is 25.3 Å². The van der Waals surface area contributed by atoms with E-state index >= 15 is 0 Å². The van der Waals surface area contributed by atoms with Gasteiger partial charge in [-0.3, -0.25) is 4.79 Å². The van der Waals surface area contributed by atoms with Crippen molar-refractivity contribution >= 4 is 34.7 Å². The summed E-state index contributed by atoms with van der Waals surface area (Å²) < 4.78 is 17.0. The number of hydrazone groups is 1. The van der Waals surface area contributed by atoms with Crippen molar-refractivity contribution in [2.45, 2.75) is 20.3 Å². The van der Waals surface area contributed by atoms with Crippen LogP contribution in [0.25, 0.3) is 11.0 Å². The fourth-order valence-electron chi connectivity index (χ4n) is 2.98. The van der Waals surface area contributed by atoms with Gasteiger partial charge in [0.1, 0.15) is 5.58 Å². The molecular formula is C23H23ClN2O4. The molecule has 1 aromatic heterocycles. The average molecular weight is 427 g/mol. The van der Waals surface area contributed by atoms with Gasteiger partial charge < -0.3 is 13.9 Å². The van der Waals surface area contributed by atoms with Crippen molar-refractivity contribution < 1.29 is 18.7 Å². The molecule has 0 bridgehead atoms. The molecule has 0 fully saturated rings. The quantitative estimate of drug-likeness (QED) is 0.283. The number of amides is 1.